The van der Waals surface area contributed by atoms with Crippen LogP contribution in [0.3, 0.4) is 0 Å². The van der Waals surface area contributed by atoms with E-state index in [1.807, 2.05) is 0 Å². The van der Waals surface area contributed by atoms with Gasteiger partial charge in [0.1, 0.15) is 0 Å². The normalized spacial score (nSPS) is 46.0. The standard InChI is InChI=1S/C24H38F4N2O3/c25-23(24(26,27)28)15-29-22(16-33-23)10-3-11-30-12-13-31-20-5-2-1-4-19(20)17-6-8-18(9-7-17)32-14-21(22)30/h17-21,29H,1-16H2/t17?,18?,19?,20?,21-,22+,23-/m0/s1. The summed E-state index contributed by atoms with van der Waals surface area (Å²) in [5, 5.41) is 2.96. The van der Waals surface area contributed by atoms with Gasteiger partial charge in [-0.3, -0.25) is 4.90 Å². The van der Waals surface area contributed by atoms with Crippen molar-refractivity contribution in [3.63, 3.8) is 0 Å². The van der Waals surface area contributed by atoms with Crippen LogP contribution in [0.1, 0.15) is 64.2 Å². The van der Waals surface area contributed by atoms with Crippen LogP contribution < -0.4 is 5.32 Å². The topological polar surface area (TPSA) is 43.0 Å². The van der Waals surface area contributed by atoms with E-state index in [-0.39, 0.29) is 18.8 Å². The fourth-order valence-electron chi connectivity index (χ4n) is 7.10. The second-order valence-electron chi connectivity index (χ2n) is 10.9. The summed E-state index contributed by atoms with van der Waals surface area (Å²) in [6, 6.07) is -0.173. The minimum Gasteiger partial charge on any atom is -0.377 e. The van der Waals surface area contributed by atoms with Gasteiger partial charge in [0.05, 0.1) is 50.2 Å². The van der Waals surface area contributed by atoms with Gasteiger partial charge in [-0.1, -0.05) is 12.8 Å². The van der Waals surface area contributed by atoms with E-state index >= 15 is 0 Å². The summed E-state index contributed by atoms with van der Waals surface area (Å²) in [5.41, 5.74) is -0.746. The van der Waals surface area contributed by atoms with E-state index in [2.05, 4.69) is 10.2 Å². The summed E-state index contributed by atoms with van der Waals surface area (Å²) in [7, 11) is 0. The monoisotopic (exact) mass is 478 g/mol. The number of morpholine rings is 1. The maximum atomic E-state index is 14.5. The first-order chi connectivity index (χ1) is 15.8. The minimum absolute atomic E-state index is 0.173. The van der Waals surface area contributed by atoms with E-state index in [9.17, 15) is 17.6 Å². The average Bonchev–Trinajstić information content (AvgIpc) is 2.82. The lowest BCUT2D eigenvalue weighted by Gasteiger charge is -2.54. The summed E-state index contributed by atoms with van der Waals surface area (Å²) >= 11 is 0. The van der Waals surface area contributed by atoms with Crippen molar-refractivity contribution in [2.45, 2.75) is 100 Å². The molecule has 190 valence electrons. The van der Waals surface area contributed by atoms with Crippen LogP contribution in [0.5, 0.6) is 0 Å². The number of piperidine rings is 1. The van der Waals surface area contributed by atoms with Crippen molar-refractivity contribution in [1.82, 2.24) is 10.2 Å². The number of halogens is 4. The minimum atomic E-state index is -5.06. The number of alkyl halides is 4. The van der Waals surface area contributed by atoms with Crippen molar-refractivity contribution in [3.8, 4) is 0 Å². The van der Waals surface area contributed by atoms with Gasteiger partial charge in [0.2, 0.25) is 0 Å². The molecule has 9 heteroatoms. The average molecular weight is 479 g/mol. The Balaban J connectivity index is 1.33. The lowest BCUT2D eigenvalue weighted by molar-refractivity contribution is -0.349. The van der Waals surface area contributed by atoms with Crippen molar-refractivity contribution in [1.29, 1.82) is 0 Å². The highest BCUT2D eigenvalue weighted by molar-refractivity contribution is 5.07. The summed E-state index contributed by atoms with van der Waals surface area (Å²) in [5.74, 6) is -2.29. The van der Waals surface area contributed by atoms with E-state index in [0.29, 0.717) is 44.1 Å². The predicted octanol–water partition coefficient (Wildman–Crippen LogP) is 4.20. The number of nitrogens with one attached hydrogen (secondary N) is 1. The summed E-state index contributed by atoms with van der Waals surface area (Å²) < 4.78 is 71.9. The van der Waals surface area contributed by atoms with Crippen LogP contribution in [0.15, 0.2) is 0 Å². The van der Waals surface area contributed by atoms with Crippen LogP contribution in [0.4, 0.5) is 17.6 Å². The summed E-state index contributed by atoms with van der Waals surface area (Å²) in [6.45, 7) is 1.38. The van der Waals surface area contributed by atoms with Crippen LogP contribution in [0.2, 0.25) is 0 Å². The molecule has 2 bridgehead atoms. The van der Waals surface area contributed by atoms with E-state index in [4.69, 9.17) is 14.2 Å². The smallest absolute Gasteiger partial charge is 0.377 e. The number of hydrogen-bond acceptors (Lipinski definition) is 5. The van der Waals surface area contributed by atoms with Gasteiger partial charge in [0.25, 0.3) is 0 Å². The van der Waals surface area contributed by atoms with Gasteiger partial charge in [-0.05, 0) is 69.7 Å². The van der Waals surface area contributed by atoms with Crippen LogP contribution in [-0.4, -0.2) is 80.2 Å². The zero-order chi connectivity index (χ0) is 23.1. The van der Waals surface area contributed by atoms with Gasteiger partial charge < -0.3 is 19.5 Å². The van der Waals surface area contributed by atoms with Crippen molar-refractivity contribution >= 4 is 0 Å². The van der Waals surface area contributed by atoms with Crippen molar-refractivity contribution in [3.05, 3.63) is 0 Å². The van der Waals surface area contributed by atoms with Crippen molar-refractivity contribution in [2.24, 2.45) is 11.8 Å². The number of nitrogens with zero attached hydrogens (tertiary/aromatic N) is 1. The Morgan fingerprint density at radius 1 is 0.909 bits per heavy atom. The fourth-order valence-corrected chi connectivity index (χ4v) is 7.10. The lowest BCUT2D eigenvalue weighted by atomic mass is 9.71. The van der Waals surface area contributed by atoms with Crippen molar-refractivity contribution < 1.29 is 31.8 Å². The first-order valence-electron chi connectivity index (χ1n) is 12.9. The molecular formula is C24H38F4N2O3. The number of fused-ring (bicyclic) bond motifs is 5. The molecule has 2 saturated carbocycles. The zero-order valence-electron chi connectivity index (χ0n) is 19.4. The van der Waals surface area contributed by atoms with Gasteiger partial charge in [-0.25, -0.2) is 4.39 Å². The second kappa shape index (κ2) is 9.52. The Bertz CT molecular complexity index is 663. The van der Waals surface area contributed by atoms with Gasteiger partial charge in [-0.2, -0.15) is 13.2 Å². The Morgan fingerprint density at radius 2 is 1.70 bits per heavy atom. The third-order valence-electron chi connectivity index (χ3n) is 9.07. The summed E-state index contributed by atoms with van der Waals surface area (Å²) in [6.07, 6.45) is 6.16. The molecule has 0 radical (unpaired) electrons. The molecule has 6 fully saturated rings. The van der Waals surface area contributed by atoms with Crippen LogP contribution in [0.25, 0.3) is 0 Å². The number of ether oxygens (including phenoxy) is 3. The number of rotatable bonds is 0. The first-order valence-corrected chi connectivity index (χ1v) is 12.9. The summed E-state index contributed by atoms with van der Waals surface area (Å²) in [4.78, 5) is 2.28. The molecule has 6 aliphatic rings. The van der Waals surface area contributed by atoms with Gasteiger partial charge in [0.15, 0.2) is 0 Å². The number of hydrogen-bond donors (Lipinski definition) is 1. The Morgan fingerprint density at radius 3 is 2.42 bits per heavy atom. The zero-order valence-corrected chi connectivity index (χ0v) is 19.4. The highest BCUT2D eigenvalue weighted by Crippen LogP contribution is 2.43. The fraction of sp³-hybridized carbons (Fsp3) is 1.00. The molecule has 4 heterocycles. The van der Waals surface area contributed by atoms with E-state index < -0.39 is 24.1 Å². The molecule has 33 heavy (non-hydrogen) atoms. The lowest BCUT2D eigenvalue weighted by Crippen LogP contribution is -2.74. The molecule has 4 aliphatic heterocycles. The third kappa shape index (κ3) is 4.82. The SMILES string of the molecule is FC(F)(F)[C@]1(F)CN[C@]2(CCCN3CCOC4CCCCC4C4CCC(CC4)OC[C@H]32)CO1. The first kappa shape index (κ1) is 24.2. The van der Waals surface area contributed by atoms with Crippen LogP contribution in [0, 0.1) is 11.8 Å². The van der Waals surface area contributed by atoms with Gasteiger partial charge in [0, 0.05) is 6.54 Å². The molecule has 2 aliphatic carbocycles. The molecule has 1 N–H and O–H groups in total. The highest BCUT2D eigenvalue weighted by Gasteiger charge is 2.62. The molecule has 2 unspecified atom stereocenters. The second-order valence-corrected chi connectivity index (χ2v) is 10.9. The quantitative estimate of drug-likeness (QED) is 0.529. The Labute approximate surface area is 193 Å². The molecule has 0 amide bonds. The highest BCUT2D eigenvalue weighted by atomic mass is 19.4. The van der Waals surface area contributed by atoms with E-state index in [1.54, 1.807) is 0 Å². The largest absolute Gasteiger partial charge is 0.449 e. The van der Waals surface area contributed by atoms with Gasteiger partial charge >= 0.3 is 12.0 Å². The van der Waals surface area contributed by atoms with Crippen LogP contribution in [-0.2, 0) is 14.2 Å². The molecule has 4 saturated heterocycles. The molecule has 1 spiro atoms. The van der Waals surface area contributed by atoms with E-state index in [1.165, 1.54) is 19.3 Å². The molecule has 6 rings (SSSR count). The molecule has 0 aromatic carbocycles. The molecule has 0 aromatic rings. The molecule has 5 atom stereocenters. The molecular weight excluding hydrogens is 440 g/mol. The van der Waals surface area contributed by atoms with Crippen molar-refractivity contribution in [2.75, 3.05) is 39.5 Å². The molecule has 5 nitrogen and oxygen atoms in total. The van der Waals surface area contributed by atoms with E-state index in [0.717, 1.165) is 45.1 Å². The Kier molecular flexibility index (Phi) is 6.99. The third-order valence-corrected chi connectivity index (χ3v) is 9.07. The Hall–Kier alpha value is -0.480. The predicted molar refractivity (Wildman–Crippen MR) is 115 cm³/mol. The molecule has 0 aromatic heterocycles. The van der Waals surface area contributed by atoms with Gasteiger partial charge in [-0.15, -0.1) is 0 Å². The van der Waals surface area contributed by atoms with Crippen LogP contribution >= 0.6 is 0 Å². The maximum absolute atomic E-state index is 14.5. The maximum Gasteiger partial charge on any atom is 0.449 e.